The smallest absolute Gasteiger partial charge is 0.408 e. The van der Waals surface area contributed by atoms with Crippen molar-refractivity contribution in [2.24, 2.45) is 10.7 Å². The van der Waals surface area contributed by atoms with Crippen molar-refractivity contribution in [3.63, 3.8) is 0 Å². The van der Waals surface area contributed by atoms with Crippen LogP contribution in [-0.2, 0) is 40.3 Å². The standard InChI is InChI=1S/C33H36N4O6/c1-22(2)43-29-15-8-12-24-18-26(35-31(24)29)20-37-17-9-13-25(32(37)40)19-28(38)27(14-6-7-16-30(34)39)36-33(41)42-21-23-10-4-3-5-11-23/h3-5,7-13,15-17,22,27H,6,14,18-21H2,1-2H3,(H2,34,39)(H,36,41)/b16-7+/t27-/m0/s1. The Labute approximate surface area is 250 Å². The van der Waals surface area contributed by atoms with Crippen LogP contribution in [0.25, 0.3) is 0 Å². The van der Waals surface area contributed by atoms with Gasteiger partial charge in [0.05, 0.1) is 18.7 Å². The van der Waals surface area contributed by atoms with E-state index in [1.807, 2.05) is 62.4 Å². The second-order valence-electron chi connectivity index (χ2n) is 10.5. The van der Waals surface area contributed by atoms with E-state index in [2.05, 4.69) is 5.32 Å². The summed E-state index contributed by atoms with van der Waals surface area (Å²) in [4.78, 5) is 55.1. The quantitative estimate of drug-likeness (QED) is 0.272. The summed E-state index contributed by atoms with van der Waals surface area (Å²) in [6, 6.07) is 17.3. The highest BCUT2D eigenvalue weighted by Gasteiger charge is 2.24. The number of Topliss-reactive ketones (excluding diaryl/α,β-unsaturated/α-hetero) is 1. The highest BCUT2D eigenvalue weighted by Crippen LogP contribution is 2.37. The topological polar surface area (TPSA) is 142 Å². The van der Waals surface area contributed by atoms with Crippen LogP contribution in [0.5, 0.6) is 5.75 Å². The minimum Gasteiger partial charge on any atom is -0.489 e. The first kappa shape index (κ1) is 31.0. The van der Waals surface area contributed by atoms with Gasteiger partial charge in [-0.1, -0.05) is 54.6 Å². The molecule has 1 aromatic heterocycles. The van der Waals surface area contributed by atoms with Gasteiger partial charge in [0.2, 0.25) is 5.91 Å². The van der Waals surface area contributed by atoms with Crippen LogP contribution >= 0.6 is 0 Å². The van der Waals surface area contributed by atoms with Crippen LogP contribution < -0.4 is 21.3 Å². The van der Waals surface area contributed by atoms with E-state index in [1.165, 1.54) is 16.7 Å². The molecule has 0 saturated carbocycles. The minimum atomic E-state index is -0.943. The van der Waals surface area contributed by atoms with Crippen molar-refractivity contribution >= 4 is 29.2 Å². The normalized spacial score (nSPS) is 13.0. The molecule has 224 valence electrons. The molecule has 2 heterocycles. The predicted octanol–water partition coefficient (Wildman–Crippen LogP) is 4.19. The SMILES string of the molecule is CC(C)Oc1cccc2c1N=C(Cn1cccc(CC(=O)[C@H](CC/C=C/C(N)=O)NC(=O)OCc3ccccc3)c1=O)C2. The number of nitrogens with two attached hydrogens (primary N) is 1. The van der Waals surface area contributed by atoms with E-state index in [-0.39, 0.29) is 43.4 Å². The summed E-state index contributed by atoms with van der Waals surface area (Å²) in [5, 5.41) is 2.62. The Morgan fingerprint density at radius 3 is 2.60 bits per heavy atom. The van der Waals surface area contributed by atoms with Gasteiger partial charge in [0.15, 0.2) is 5.78 Å². The molecular weight excluding hydrogens is 548 g/mol. The molecular formula is C33H36N4O6. The third-order valence-electron chi connectivity index (χ3n) is 6.72. The summed E-state index contributed by atoms with van der Waals surface area (Å²) in [6.45, 7) is 4.22. The van der Waals surface area contributed by atoms with Gasteiger partial charge in [0, 0.05) is 30.3 Å². The van der Waals surface area contributed by atoms with Crippen molar-refractivity contribution < 1.29 is 23.9 Å². The summed E-state index contributed by atoms with van der Waals surface area (Å²) in [7, 11) is 0. The lowest BCUT2D eigenvalue weighted by Crippen LogP contribution is -2.42. The molecule has 0 bridgehead atoms. The molecule has 10 heteroatoms. The van der Waals surface area contributed by atoms with Gasteiger partial charge in [-0.3, -0.25) is 19.4 Å². The number of carbonyl (C=O) groups is 3. The molecule has 10 nitrogen and oxygen atoms in total. The number of aromatic nitrogens is 1. The number of rotatable bonds is 14. The number of allylic oxidation sites excluding steroid dienone is 1. The number of hydrogen-bond acceptors (Lipinski definition) is 7. The lowest BCUT2D eigenvalue weighted by molar-refractivity contribution is -0.120. The Morgan fingerprint density at radius 1 is 1.07 bits per heavy atom. The summed E-state index contributed by atoms with van der Waals surface area (Å²) in [5.74, 6) is -0.262. The average molecular weight is 585 g/mol. The molecule has 2 aromatic carbocycles. The Kier molecular flexibility index (Phi) is 10.6. The number of carbonyl (C=O) groups excluding carboxylic acids is 3. The third-order valence-corrected chi connectivity index (χ3v) is 6.72. The molecule has 0 fully saturated rings. The molecule has 4 rings (SSSR count). The number of alkyl carbamates (subject to hydrolysis) is 1. The van der Waals surface area contributed by atoms with Gasteiger partial charge < -0.3 is 25.1 Å². The fourth-order valence-electron chi connectivity index (χ4n) is 4.73. The van der Waals surface area contributed by atoms with Crippen molar-refractivity contribution in [1.29, 1.82) is 0 Å². The van der Waals surface area contributed by atoms with Crippen LogP contribution in [0.4, 0.5) is 10.5 Å². The van der Waals surface area contributed by atoms with Crippen LogP contribution in [-0.4, -0.2) is 40.2 Å². The lowest BCUT2D eigenvalue weighted by Gasteiger charge is -2.17. The average Bonchev–Trinajstić information content (AvgIpc) is 3.39. The van der Waals surface area contributed by atoms with E-state index < -0.39 is 18.0 Å². The van der Waals surface area contributed by atoms with E-state index in [0.29, 0.717) is 24.2 Å². The molecule has 0 radical (unpaired) electrons. The Hall–Kier alpha value is -4.99. The summed E-state index contributed by atoms with van der Waals surface area (Å²) in [6.07, 6.45) is 4.55. The van der Waals surface area contributed by atoms with E-state index in [1.54, 1.807) is 18.3 Å². The van der Waals surface area contributed by atoms with Crippen molar-refractivity contribution in [2.75, 3.05) is 0 Å². The highest BCUT2D eigenvalue weighted by molar-refractivity contribution is 5.95. The molecule has 0 saturated heterocycles. The van der Waals surface area contributed by atoms with E-state index >= 15 is 0 Å². The van der Waals surface area contributed by atoms with E-state index in [4.69, 9.17) is 20.2 Å². The maximum atomic E-state index is 13.4. The van der Waals surface area contributed by atoms with Crippen LogP contribution in [0.15, 0.2) is 88.8 Å². The van der Waals surface area contributed by atoms with Crippen molar-refractivity contribution in [3.8, 4) is 5.75 Å². The van der Waals surface area contributed by atoms with Gasteiger partial charge in [-0.05, 0) is 56.0 Å². The van der Waals surface area contributed by atoms with Gasteiger partial charge in [-0.25, -0.2) is 4.79 Å². The molecule has 3 N–H and O–H groups in total. The Balaban J connectivity index is 1.44. The zero-order valence-electron chi connectivity index (χ0n) is 24.3. The molecule has 0 unspecified atom stereocenters. The van der Waals surface area contributed by atoms with Crippen LogP contribution in [0.1, 0.15) is 43.4 Å². The zero-order chi connectivity index (χ0) is 30.8. The van der Waals surface area contributed by atoms with E-state index in [9.17, 15) is 19.2 Å². The minimum absolute atomic E-state index is 0.00537. The maximum Gasteiger partial charge on any atom is 0.408 e. The number of amides is 2. The number of para-hydroxylation sites is 1. The predicted molar refractivity (Wildman–Crippen MR) is 164 cm³/mol. The monoisotopic (exact) mass is 584 g/mol. The second kappa shape index (κ2) is 14.8. The molecule has 43 heavy (non-hydrogen) atoms. The number of benzene rings is 2. The Bertz CT molecular complexity index is 1580. The van der Waals surface area contributed by atoms with Gasteiger partial charge in [0.25, 0.3) is 5.56 Å². The van der Waals surface area contributed by atoms with Crippen molar-refractivity contribution in [3.05, 3.63) is 106 Å². The van der Waals surface area contributed by atoms with Crippen LogP contribution in [0, 0.1) is 0 Å². The van der Waals surface area contributed by atoms with Gasteiger partial charge in [0.1, 0.15) is 18.0 Å². The van der Waals surface area contributed by atoms with Gasteiger partial charge in [-0.15, -0.1) is 0 Å². The molecule has 1 aliphatic rings. The number of hydrogen-bond donors (Lipinski definition) is 2. The Morgan fingerprint density at radius 2 is 1.86 bits per heavy atom. The maximum absolute atomic E-state index is 13.4. The van der Waals surface area contributed by atoms with Crippen molar-refractivity contribution in [1.82, 2.24) is 9.88 Å². The molecule has 1 atom stereocenters. The van der Waals surface area contributed by atoms with Gasteiger partial charge >= 0.3 is 6.09 Å². The summed E-state index contributed by atoms with van der Waals surface area (Å²) >= 11 is 0. The first-order chi connectivity index (χ1) is 20.7. The molecule has 2 amide bonds. The van der Waals surface area contributed by atoms with Crippen molar-refractivity contribution in [2.45, 2.75) is 64.8 Å². The highest BCUT2D eigenvalue weighted by atomic mass is 16.5. The van der Waals surface area contributed by atoms with Crippen LogP contribution in [0.3, 0.4) is 0 Å². The summed E-state index contributed by atoms with van der Waals surface area (Å²) in [5.41, 5.74) is 8.56. The number of nitrogens with one attached hydrogen (secondary N) is 1. The lowest BCUT2D eigenvalue weighted by atomic mass is 10.0. The number of nitrogens with zero attached hydrogens (tertiary/aromatic N) is 2. The first-order valence-electron chi connectivity index (χ1n) is 14.2. The largest absolute Gasteiger partial charge is 0.489 e. The van der Waals surface area contributed by atoms with E-state index in [0.717, 1.165) is 22.5 Å². The molecule has 0 spiro atoms. The number of fused-ring (bicyclic) bond motifs is 1. The fourth-order valence-corrected chi connectivity index (χ4v) is 4.73. The third kappa shape index (κ3) is 9.00. The number of pyridine rings is 1. The summed E-state index contributed by atoms with van der Waals surface area (Å²) < 4.78 is 12.7. The zero-order valence-corrected chi connectivity index (χ0v) is 24.3. The van der Waals surface area contributed by atoms with Gasteiger partial charge in [-0.2, -0.15) is 0 Å². The van der Waals surface area contributed by atoms with Crippen LogP contribution in [0.2, 0.25) is 0 Å². The first-order valence-corrected chi connectivity index (χ1v) is 14.2. The number of ether oxygens (including phenoxy) is 2. The fraction of sp³-hybridized carbons (Fsp3) is 0.303. The second-order valence-corrected chi connectivity index (χ2v) is 10.5. The number of ketones is 1. The molecule has 3 aromatic rings. The number of primary amides is 1. The molecule has 0 aliphatic carbocycles. The number of aliphatic imine (C=N–C) groups is 1. The molecule has 1 aliphatic heterocycles.